The molecule has 138 valence electrons. The van der Waals surface area contributed by atoms with Crippen molar-refractivity contribution in [3.05, 3.63) is 63.6 Å². The van der Waals surface area contributed by atoms with Crippen LogP contribution in [0.3, 0.4) is 0 Å². The Labute approximate surface area is 153 Å². The number of allylic oxidation sites excluding steroid dienone is 4. The number of aromatic carboxylic acids is 1. The van der Waals surface area contributed by atoms with Crippen LogP contribution in [0, 0.1) is 0 Å². The van der Waals surface area contributed by atoms with Gasteiger partial charge in [-0.3, -0.25) is 9.79 Å². The molecule has 1 aromatic rings. The van der Waals surface area contributed by atoms with Gasteiger partial charge in [0, 0.05) is 19.8 Å². The number of rotatable bonds is 7. The highest BCUT2D eigenvalue weighted by atomic mass is 16.4. The topological polar surface area (TPSA) is 94.5 Å². The van der Waals surface area contributed by atoms with E-state index in [1.807, 2.05) is 19.1 Å². The van der Waals surface area contributed by atoms with E-state index < -0.39 is 11.5 Å². The van der Waals surface area contributed by atoms with E-state index in [4.69, 9.17) is 0 Å². The second kappa shape index (κ2) is 8.47. The summed E-state index contributed by atoms with van der Waals surface area (Å²) in [6, 6.07) is 1.52. The summed E-state index contributed by atoms with van der Waals surface area (Å²) in [6.45, 7) is 5.81. The number of hydrogen-bond donors (Lipinski definition) is 3. The summed E-state index contributed by atoms with van der Waals surface area (Å²) in [4.78, 5) is 30.3. The third kappa shape index (κ3) is 4.39. The minimum Gasteiger partial charge on any atom is -0.477 e. The van der Waals surface area contributed by atoms with E-state index in [-0.39, 0.29) is 5.56 Å². The Hall–Kier alpha value is -2.89. The molecule has 2 rings (SSSR count). The van der Waals surface area contributed by atoms with Crippen molar-refractivity contribution in [2.24, 2.45) is 4.99 Å². The van der Waals surface area contributed by atoms with Gasteiger partial charge >= 0.3 is 5.97 Å². The molecule has 0 atom stereocenters. The fourth-order valence-electron chi connectivity index (χ4n) is 2.85. The Bertz CT molecular complexity index is 856. The summed E-state index contributed by atoms with van der Waals surface area (Å²) >= 11 is 0. The van der Waals surface area contributed by atoms with E-state index in [0.29, 0.717) is 18.0 Å². The molecule has 0 saturated heterocycles. The fraction of sp³-hybridized carbons (Fsp3) is 0.350. The van der Waals surface area contributed by atoms with Crippen molar-refractivity contribution in [2.75, 3.05) is 14.1 Å². The molecule has 6 nitrogen and oxygen atoms in total. The lowest BCUT2D eigenvalue weighted by Crippen LogP contribution is -2.20. The molecule has 1 aromatic heterocycles. The third-order valence-corrected chi connectivity index (χ3v) is 4.53. The summed E-state index contributed by atoms with van der Waals surface area (Å²) in [5, 5.41) is 12.2. The number of aromatic amines is 1. The summed E-state index contributed by atoms with van der Waals surface area (Å²) < 4.78 is 0. The van der Waals surface area contributed by atoms with Crippen molar-refractivity contribution in [3.8, 4) is 0 Å². The van der Waals surface area contributed by atoms with E-state index >= 15 is 0 Å². The number of carboxylic acid groups (broad SMARTS) is 1. The second-order valence-corrected chi connectivity index (χ2v) is 6.24. The van der Waals surface area contributed by atoms with Crippen molar-refractivity contribution >= 4 is 17.4 Å². The lowest BCUT2D eigenvalue weighted by atomic mass is 9.96. The van der Waals surface area contributed by atoms with E-state index in [0.717, 1.165) is 35.4 Å². The van der Waals surface area contributed by atoms with Gasteiger partial charge in [-0.2, -0.15) is 0 Å². The molecule has 0 amide bonds. The van der Waals surface area contributed by atoms with Crippen molar-refractivity contribution < 1.29 is 9.90 Å². The number of pyridine rings is 1. The van der Waals surface area contributed by atoms with Crippen molar-refractivity contribution in [2.45, 2.75) is 32.1 Å². The molecular formula is C20H25N3O3. The van der Waals surface area contributed by atoms with E-state index in [2.05, 4.69) is 21.9 Å². The zero-order valence-corrected chi connectivity index (χ0v) is 15.4. The van der Waals surface area contributed by atoms with Gasteiger partial charge in [0.05, 0.1) is 0 Å². The van der Waals surface area contributed by atoms with Crippen LogP contribution in [0.2, 0.25) is 0 Å². The fourth-order valence-corrected chi connectivity index (χ4v) is 2.85. The number of amidine groups is 1. The lowest BCUT2D eigenvalue weighted by Gasteiger charge is -2.13. The SMILES string of the molecule is C=C/C(C/C=C\C(=N/C)NC)=C(/C)c1[nH]c(=O)c(C(=O)O)cc1C1CC1. The monoisotopic (exact) mass is 355 g/mol. The zero-order valence-electron chi connectivity index (χ0n) is 15.4. The highest BCUT2D eigenvalue weighted by molar-refractivity contribution is 5.92. The number of nitrogens with zero attached hydrogens (tertiary/aromatic N) is 1. The van der Waals surface area contributed by atoms with Crippen LogP contribution in [0.4, 0.5) is 0 Å². The van der Waals surface area contributed by atoms with E-state index in [9.17, 15) is 14.7 Å². The molecule has 0 spiro atoms. The van der Waals surface area contributed by atoms with Gasteiger partial charge in [0.15, 0.2) is 0 Å². The van der Waals surface area contributed by atoms with Crippen LogP contribution >= 0.6 is 0 Å². The molecule has 0 bridgehead atoms. The van der Waals surface area contributed by atoms with Crippen LogP contribution in [0.25, 0.3) is 5.57 Å². The number of likely N-dealkylation sites (N-methyl/N-ethyl adjacent to an activating group) is 1. The molecule has 1 aliphatic rings. The smallest absolute Gasteiger partial charge is 0.341 e. The average Bonchev–Trinajstić information content (AvgIpc) is 3.46. The molecule has 1 saturated carbocycles. The number of H-pyrrole nitrogens is 1. The minimum atomic E-state index is -1.20. The van der Waals surface area contributed by atoms with Crippen LogP contribution < -0.4 is 10.9 Å². The van der Waals surface area contributed by atoms with Gasteiger partial charge in [-0.1, -0.05) is 18.7 Å². The first-order valence-electron chi connectivity index (χ1n) is 8.57. The number of aliphatic imine (C=N–C) groups is 1. The van der Waals surface area contributed by atoms with Crippen LogP contribution in [0.5, 0.6) is 0 Å². The highest BCUT2D eigenvalue weighted by Crippen LogP contribution is 2.43. The van der Waals surface area contributed by atoms with E-state index in [1.165, 1.54) is 6.07 Å². The number of carbonyl (C=O) groups is 1. The maximum Gasteiger partial charge on any atom is 0.341 e. The van der Waals surface area contributed by atoms with Crippen molar-refractivity contribution in [3.63, 3.8) is 0 Å². The molecule has 1 fully saturated rings. The predicted molar refractivity (Wildman–Crippen MR) is 105 cm³/mol. The molecular weight excluding hydrogens is 330 g/mol. The highest BCUT2D eigenvalue weighted by Gasteiger charge is 2.29. The van der Waals surface area contributed by atoms with Crippen molar-refractivity contribution in [1.82, 2.24) is 10.3 Å². The van der Waals surface area contributed by atoms with Gasteiger partial charge < -0.3 is 15.4 Å². The molecule has 3 N–H and O–H groups in total. The van der Waals surface area contributed by atoms with Gasteiger partial charge in [0.25, 0.3) is 5.56 Å². The Morgan fingerprint density at radius 1 is 1.50 bits per heavy atom. The van der Waals surface area contributed by atoms with Crippen LogP contribution in [0.15, 0.2) is 46.2 Å². The van der Waals surface area contributed by atoms with E-state index in [1.54, 1.807) is 20.2 Å². The first-order valence-corrected chi connectivity index (χ1v) is 8.57. The maximum atomic E-state index is 12.2. The standard InChI is InChI=1S/C20H25N3O3/c1-5-13(7-6-8-17(21-3)22-4)12(2)18-15(14-9-10-14)11-16(20(25)26)19(24)23-18/h5-6,8,11,14H,1,7,9-10H2,2-4H3,(H,21,22)(H,23,24)(H,25,26)/b8-6-,13-12+. The summed E-state index contributed by atoms with van der Waals surface area (Å²) in [5.41, 5.74) is 2.69. The molecule has 0 aliphatic heterocycles. The van der Waals surface area contributed by atoms with Gasteiger partial charge in [0.2, 0.25) is 0 Å². The van der Waals surface area contributed by atoms with Crippen LogP contribution in [-0.2, 0) is 0 Å². The van der Waals surface area contributed by atoms with Gasteiger partial charge in [-0.25, -0.2) is 4.79 Å². The average molecular weight is 355 g/mol. The number of nitrogens with one attached hydrogen (secondary N) is 2. The first kappa shape index (κ1) is 19.4. The maximum absolute atomic E-state index is 12.2. The number of hydrogen-bond acceptors (Lipinski definition) is 3. The largest absolute Gasteiger partial charge is 0.477 e. The minimum absolute atomic E-state index is 0.207. The lowest BCUT2D eigenvalue weighted by molar-refractivity contribution is 0.0695. The Balaban J connectivity index is 2.45. The Morgan fingerprint density at radius 2 is 2.19 bits per heavy atom. The summed E-state index contributed by atoms with van der Waals surface area (Å²) in [7, 11) is 3.52. The van der Waals surface area contributed by atoms with Gasteiger partial charge in [0.1, 0.15) is 11.4 Å². The van der Waals surface area contributed by atoms with Gasteiger partial charge in [-0.05, 0) is 61.0 Å². The van der Waals surface area contributed by atoms with Crippen LogP contribution in [0.1, 0.15) is 53.7 Å². The second-order valence-electron chi connectivity index (χ2n) is 6.24. The number of carboxylic acids is 1. The summed E-state index contributed by atoms with van der Waals surface area (Å²) in [5.74, 6) is -0.129. The molecule has 26 heavy (non-hydrogen) atoms. The van der Waals surface area contributed by atoms with Crippen LogP contribution in [-0.4, -0.2) is 36.0 Å². The molecule has 1 heterocycles. The molecule has 6 heteroatoms. The Kier molecular flexibility index (Phi) is 6.33. The van der Waals surface area contributed by atoms with Gasteiger partial charge in [-0.15, -0.1) is 0 Å². The molecule has 0 aromatic carbocycles. The molecule has 0 radical (unpaired) electrons. The number of aromatic nitrogens is 1. The molecule has 0 unspecified atom stereocenters. The third-order valence-electron chi connectivity index (χ3n) is 4.53. The molecule has 1 aliphatic carbocycles. The Morgan fingerprint density at radius 3 is 2.69 bits per heavy atom. The predicted octanol–water partition coefficient (Wildman–Crippen LogP) is 3.10. The quantitative estimate of drug-likeness (QED) is 0.398. The van der Waals surface area contributed by atoms with Crippen molar-refractivity contribution in [1.29, 1.82) is 0 Å². The first-order chi connectivity index (χ1) is 12.4. The summed E-state index contributed by atoms with van der Waals surface area (Å²) in [6.07, 6.45) is 8.26. The normalized spacial score (nSPS) is 15.7. The zero-order chi connectivity index (χ0) is 19.3.